The van der Waals surface area contributed by atoms with Gasteiger partial charge in [0.05, 0.1) is 16.6 Å². The molecule has 1 fully saturated rings. The topological polar surface area (TPSA) is 71.9 Å². The summed E-state index contributed by atoms with van der Waals surface area (Å²) in [7, 11) is 0. The fourth-order valence-electron chi connectivity index (χ4n) is 3.65. The van der Waals surface area contributed by atoms with Crippen LogP contribution in [-0.2, 0) is 9.53 Å². The second-order valence-electron chi connectivity index (χ2n) is 7.28. The first-order chi connectivity index (χ1) is 15.2. The Hall–Kier alpha value is -2.88. The van der Waals surface area contributed by atoms with Crippen LogP contribution in [0, 0.1) is 0 Å². The van der Waals surface area contributed by atoms with E-state index in [1.54, 1.807) is 29.2 Å². The Labute approximate surface area is 186 Å². The van der Waals surface area contributed by atoms with Gasteiger partial charge in [-0.25, -0.2) is 4.98 Å². The van der Waals surface area contributed by atoms with Crippen LogP contribution in [0.2, 0.25) is 5.02 Å². The number of nitrogens with zero attached hydrogens (tertiary/aromatic N) is 2. The quantitative estimate of drug-likeness (QED) is 0.534. The number of para-hydroxylation sites is 1. The Morgan fingerprint density at radius 1 is 1.12 bits per heavy atom. The van der Waals surface area contributed by atoms with Gasteiger partial charge in [-0.05, 0) is 42.5 Å². The van der Waals surface area contributed by atoms with Crippen LogP contribution in [0.4, 0.5) is 24.7 Å². The molecule has 1 aliphatic heterocycles. The number of carbonyl (C=O) groups excluding carboxylic acids is 1. The molecule has 0 spiro atoms. The average molecular weight is 467 g/mol. The molecular formula is C22H18ClF3N2O4. The van der Waals surface area contributed by atoms with Crippen molar-refractivity contribution in [3.05, 3.63) is 59.6 Å². The molecule has 0 radical (unpaired) electrons. The van der Waals surface area contributed by atoms with E-state index in [1.165, 1.54) is 24.3 Å². The van der Waals surface area contributed by atoms with Crippen molar-refractivity contribution in [1.82, 2.24) is 4.98 Å². The minimum Gasteiger partial charge on any atom is -0.406 e. The molecule has 1 aromatic heterocycles. The first-order valence-corrected chi connectivity index (χ1v) is 10.1. The molecule has 2 aromatic carbocycles. The average Bonchev–Trinajstić information content (AvgIpc) is 2.74. The van der Waals surface area contributed by atoms with E-state index in [1.807, 2.05) is 6.07 Å². The zero-order valence-electron chi connectivity index (χ0n) is 16.5. The first-order valence-electron chi connectivity index (χ1n) is 9.72. The number of hydrogen-bond acceptors (Lipinski definition) is 6. The third-order valence-electron chi connectivity index (χ3n) is 5.00. The van der Waals surface area contributed by atoms with E-state index in [0.29, 0.717) is 28.3 Å². The first kappa shape index (κ1) is 22.3. The number of aliphatic hydroxyl groups is 1. The van der Waals surface area contributed by atoms with E-state index in [-0.39, 0.29) is 18.6 Å². The number of halogens is 4. The summed E-state index contributed by atoms with van der Waals surface area (Å²) in [6.07, 6.45) is -6.32. The number of rotatable bonds is 5. The van der Waals surface area contributed by atoms with Gasteiger partial charge in [0.2, 0.25) is 0 Å². The van der Waals surface area contributed by atoms with E-state index in [2.05, 4.69) is 9.72 Å². The summed E-state index contributed by atoms with van der Waals surface area (Å²) >= 11 is 6.29. The number of pyridine rings is 1. The van der Waals surface area contributed by atoms with Gasteiger partial charge in [0, 0.05) is 23.9 Å². The SMILES string of the molecule is O=C[C@@H]1CC(O)CC(N(c2ccc(OC(F)(F)F)cc2)c2ccc3cccc(Cl)c3n2)O1. The molecule has 10 heteroatoms. The van der Waals surface area contributed by atoms with Crippen LogP contribution in [0.3, 0.4) is 0 Å². The van der Waals surface area contributed by atoms with Crippen LogP contribution < -0.4 is 9.64 Å². The van der Waals surface area contributed by atoms with Crippen molar-refractivity contribution in [3.63, 3.8) is 0 Å². The lowest BCUT2D eigenvalue weighted by Crippen LogP contribution is -2.45. The van der Waals surface area contributed by atoms with E-state index >= 15 is 0 Å². The fraction of sp³-hybridized carbons (Fsp3) is 0.273. The predicted octanol–water partition coefficient (Wildman–Crippen LogP) is 4.99. The molecule has 4 rings (SSSR count). The van der Waals surface area contributed by atoms with Crippen molar-refractivity contribution in [2.45, 2.75) is 37.6 Å². The summed E-state index contributed by atoms with van der Waals surface area (Å²) in [4.78, 5) is 17.6. The maximum absolute atomic E-state index is 12.5. The molecule has 0 aliphatic carbocycles. The van der Waals surface area contributed by atoms with Crippen LogP contribution in [0.25, 0.3) is 10.9 Å². The molecule has 0 saturated carbocycles. The second kappa shape index (κ2) is 8.93. The van der Waals surface area contributed by atoms with Gasteiger partial charge in [-0.15, -0.1) is 13.2 Å². The number of aliphatic hydroxyl groups excluding tert-OH is 1. The molecule has 168 valence electrons. The lowest BCUT2D eigenvalue weighted by atomic mass is 10.0. The van der Waals surface area contributed by atoms with E-state index < -0.39 is 24.8 Å². The van der Waals surface area contributed by atoms with Crippen LogP contribution >= 0.6 is 11.6 Å². The van der Waals surface area contributed by atoms with Gasteiger partial charge in [0.15, 0.2) is 0 Å². The number of fused-ring (bicyclic) bond motifs is 1. The number of aldehydes is 1. The van der Waals surface area contributed by atoms with Gasteiger partial charge >= 0.3 is 6.36 Å². The number of hydrogen-bond donors (Lipinski definition) is 1. The Balaban J connectivity index is 1.77. The van der Waals surface area contributed by atoms with E-state index in [0.717, 1.165) is 5.39 Å². The van der Waals surface area contributed by atoms with Gasteiger partial charge in [0.25, 0.3) is 0 Å². The zero-order chi connectivity index (χ0) is 22.9. The summed E-state index contributed by atoms with van der Waals surface area (Å²) in [5.41, 5.74) is 0.958. The van der Waals surface area contributed by atoms with Crippen LogP contribution in [0.15, 0.2) is 54.6 Å². The Morgan fingerprint density at radius 2 is 1.88 bits per heavy atom. The number of aromatic nitrogens is 1. The Bertz CT molecular complexity index is 1110. The summed E-state index contributed by atoms with van der Waals surface area (Å²) in [5.74, 6) is 0.00455. The molecule has 1 aliphatic rings. The Kier molecular flexibility index (Phi) is 6.23. The predicted molar refractivity (Wildman–Crippen MR) is 112 cm³/mol. The summed E-state index contributed by atoms with van der Waals surface area (Å²) in [5, 5.41) is 11.5. The molecule has 6 nitrogen and oxygen atoms in total. The standard InChI is InChI=1S/C22H18ClF3N2O4/c23-18-3-1-2-13-4-9-19(27-21(13)18)28(20-11-15(30)10-17(12-29)31-20)14-5-7-16(8-6-14)32-22(24,25)26/h1-9,12,15,17,20,30H,10-11H2/t15?,17-,20?/m0/s1. The van der Waals surface area contributed by atoms with E-state index in [4.69, 9.17) is 16.3 Å². The van der Waals surface area contributed by atoms with Crippen LogP contribution in [0.5, 0.6) is 5.75 Å². The minimum absolute atomic E-state index is 0.156. The molecule has 0 amide bonds. The highest BCUT2D eigenvalue weighted by atomic mass is 35.5. The largest absolute Gasteiger partial charge is 0.573 e. The molecule has 2 heterocycles. The van der Waals surface area contributed by atoms with Crippen LogP contribution in [-0.4, -0.2) is 41.2 Å². The van der Waals surface area contributed by atoms with Crippen molar-refractivity contribution >= 4 is 40.3 Å². The summed E-state index contributed by atoms with van der Waals surface area (Å²) in [6.45, 7) is 0. The summed E-state index contributed by atoms with van der Waals surface area (Å²) < 4.78 is 47.4. The van der Waals surface area contributed by atoms with Crippen molar-refractivity contribution in [1.29, 1.82) is 0 Å². The normalized spacial score (nSPS) is 21.3. The molecule has 2 unspecified atom stereocenters. The van der Waals surface area contributed by atoms with Crippen molar-refractivity contribution in [2.75, 3.05) is 4.90 Å². The van der Waals surface area contributed by atoms with Gasteiger partial charge in [-0.3, -0.25) is 4.90 Å². The third-order valence-corrected chi connectivity index (χ3v) is 5.31. The maximum atomic E-state index is 12.5. The highest BCUT2D eigenvalue weighted by Gasteiger charge is 2.34. The van der Waals surface area contributed by atoms with Crippen LogP contribution in [0.1, 0.15) is 12.8 Å². The molecule has 3 aromatic rings. The number of ether oxygens (including phenoxy) is 2. The molecular weight excluding hydrogens is 449 g/mol. The zero-order valence-corrected chi connectivity index (χ0v) is 17.3. The van der Waals surface area contributed by atoms with Crippen molar-refractivity contribution in [3.8, 4) is 5.75 Å². The summed E-state index contributed by atoms with van der Waals surface area (Å²) in [6, 6.07) is 14.0. The van der Waals surface area contributed by atoms with Gasteiger partial charge in [-0.2, -0.15) is 0 Å². The van der Waals surface area contributed by atoms with Gasteiger partial charge < -0.3 is 19.4 Å². The van der Waals surface area contributed by atoms with Crippen molar-refractivity contribution < 1.29 is 32.5 Å². The Morgan fingerprint density at radius 3 is 2.56 bits per heavy atom. The van der Waals surface area contributed by atoms with Gasteiger partial charge in [0.1, 0.15) is 30.2 Å². The molecule has 0 bridgehead atoms. The maximum Gasteiger partial charge on any atom is 0.573 e. The van der Waals surface area contributed by atoms with E-state index in [9.17, 15) is 23.1 Å². The highest BCUT2D eigenvalue weighted by Crippen LogP contribution is 2.35. The fourth-order valence-corrected chi connectivity index (χ4v) is 3.88. The minimum atomic E-state index is -4.81. The number of benzene rings is 2. The second-order valence-corrected chi connectivity index (χ2v) is 7.69. The lowest BCUT2D eigenvalue weighted by molar-refractivity contribution is -0.274. The molecule has 1 N–H and O–H groups in total. The van der Waals surface area contributed by atoms with Crippen molar-refractivity contribution in [2.24, 2.45) is 0 Å². The van der Waals surface area contributed by atoms with Gasteiger partial charge in [-0.1, -0.05) is 23.7 Å². The lowest BCUT2D eigenvalue weighted by Gasteiger charge is -2.39. The molecule has 1 saturated heterocycles. The third kappa shape index (κ3) is 4.95. The monoisotopic (exact) mass is 466 g/mol. The molecule has 32 heavy (non-hydrogen) atoms. The molecule has 3 atom stereocenters. The smallest absolute Gasteiger partial charge is 0.406 e. The highest BCUT2D eigenvalue weighted by molar-refractivity contribution is 6.35. The number of anilines is 2. The number of carbonyl (C=O) groups is 1. The number of alkyl halides is 3.